The van der Waals surface area contributed by atoms with E-state index in [1.807, 2.05) is 98.7 Å². The highest BCUT2D eigenvalue weighted by Crippen LogP contribution is 2.50. The monoisotopic (exact) mass is 686 g/mol. The lowest BCUT2D eigenvalue weighted by molar-refractivity contribution is -0.114. The number of para-hydroxylation sites is 2. The molecule has 0 spiro atoms. The molecule has 2 aliphatic carbocycles. The molecular formula is C38H42N2O6S2. The maximum Gasteiger partial charge on any atom is 0.160 e. The van der Waals surface area contributed by atoms with Crippen LogP contribution < -0.4 is 9.47 Å². The number of nitrogens with zero attached hydrogens (tertiary/aromatic N) is 2. The Hall–Kier alpha value is -3.44. The Balaban J connectivity index is 0.000000152. The molecule has 4 atom stereocenters. The molecule has 8 nitrogen and oxygen atoms in total. The first kappa shape index (κ1) is 33.1. The molecule has 252 valence electrons. The standard InChI is InChI=1S/2C19H21NO3S/c2*1-19(2,3)24(22)20-10-12-8-13(21)9-15(12)16-11-23-17-7-5-4-6-14(17)18(16)20/h2*4-8,18H,9-11H2,1-3H3/t2*18-,24-/m11/s1. The van der Waals surface area contributed by atoms with Crippen molar-refractivity contribution in [1.82, 2.24) is 8.61 Å². The van der Waals surface area contributed by atoms with Gasteiger partial charge in [-0.3, -0.25) is 9.59 Å². The van der Waals surface area contributed by atoms with Crippen LogP contribution in [0.15, 0.2) is 94.1 Å². The molecule has 2 aromatic carbocycles. The zero-order valence-electron chi connectivity index (χ0n) is 28.3. The summed E-state index contributed by atoms with van der Waals surface area (Å²) < 4.78 is 41.6. The Morgan fingerprint density at radius 1 is 0.625 bits per heavy atom. The van der Waals surface area contributed by atoms with Gasteiger partial charge in [-0.05, 0) is 99.3 Å². The number of ketones is 2. The molecular weight excluding hydrogens is 645 g/mol. The Morgan fingerprint density at radius 2 is 1.00 bits per heavy atom. The molecule has 0 unspecified atom stereocenters. The number of carbonyl (C=O) groups is 2. The van der Waals surface area contributed by atoms with E-state index < -0.39 is 22.0 Å². The van der Waals surface area contributed by atoms with Gasteiger partial charge in [0.15, 0.2) is 11.6 Å². The lowest BCUT2D eigenvalue weighted by Crippen LogP contribution is -2.45. The van der Waals surface area contributed by atoms with Gasteiger partial charge in [0.25, 0.3) is 0 Å². The Labute approximate surface area is 287 Å². The summed E-state index contributed by atoms with van der Waals surface area (Å²) in [4.78, 5) is 23.9. The first-order valence-electron chi connectivity index (χ1n) is 16.4. The number of hydrogen-bond acceptors (Lipinski definition) is 6. The fraction of sp³-hybridized carbons (Fsp3) is 0.421. The van der Waals surface area contributed by atoms with E-state index in [2.05, 4.69) is 0 Å². The van der Waals surface area contributed by atoms with Crippen molar-refractivity contribution in [2.45, 2.75) is 76.0 Å². The predicted molar refractivity (Wildman–Crippen MR) is 188 cm³/mol. The second-order valence-electron chi connectivity index (χ2n) is 15.0. The Kier molecular flexibility index (Phi) is 8.38. The van der Waals surface area contributed by atoms with Gasteiger partial charge in [0, 0.05) is 37.1 Å². The van der Waals surface area contributed by atoms with Crippen LogP contribution >= 0.6 is 0 Å². The van der Waals surface area contributed by atoms with Crippen LogP contribution in [0, 0.1) is 0 Å². The van der Waals surface area contributed by atoms with E-state index in [-0.39, 0.29) is 33.1 Å². The topological polar surface area (TPSA) is 93.2 Å². The highest BCUT2D eigenvalue weighted by Gasteiger charge is 2.45. The quantitative estimate of drug-likeness (QED) is 0.375. The molecule has 4 aliphatic heterocycles. The van der Waals surface area contributed by atoms with Gasteiger partial charge in [-0.1, -0.05) is 36.4 Å². The smallest absolute Gasteiger partial charge is 0.160 e. The van der Waals surface area contributed by atoms with Gasteiger partial charge in [-0.2, -0.15) is 0 Å². The molecule has 2 aromatic rings. The van der Waals surface area contributed by atoms with E-state index in [0.29, 0.717) is 39.1 Å². The second kappa shape index (κ2) is 12.2. The van der Waals surface area contributed by atoms with Crippen LogP contribution in [-0.2, 0) is 31.6 Å². The lowest BCUT2D eigenvalue weighted by atomic mass is 9.86. The predicted octanol–water partition coefficient (Wildman–Crippen LogP) is 6.19. The van der Waals surface area contributed by atoms with Crippen LogP contribution in [0.1, 0.15) is 77.6 Å². The van der Waals surface area contributed by atoms with Crippen LogP contribution in [0.25, 0.3) is 0 Å². The van der Waals surface area contributed by atoms with Crippen LogP contribution in [0.5, 0.6) is 11.5 Å². The molecule has 0 radical (unpaired) electrons. The van der Waals surface area contributed by atoms with Gasteiger partial charge < -0.3 is 9.47 Å². The maximum atomic E-state index is 13.2. The maximum absolute atomic E-state index is 13.2. The normalized spacial score (nSPS) is 24.7. The molecule has 10 heteroatoms. The second-order valence-corrected chi connectivity index (χ2v) is 19.3. The number of fused-ring (bicyclic) bond motifs is 8. The highest BCUT2D eigenvalue weighted by molar-refractivity contribution is 7.84. The third-order valence-electron chi connectivity index (χ3n) is 9.48. The molecule has 0 fully saturated rings. The first-order valence-corrected chi connectivity index (χ1v) is 18.7. The largest absolute Gasteiger partial charge is 0.489 e. The molecule has 0 saturated carbocycles. The fourth-order valence-corrected chi connectivity index (χ4v) is 10.2. The van der Waals surface area contributed by atoms with E-state index in [9.17, 15) is 18.0 Å². The number of rotatable bonds is 2. The number of allylic oxidation sites excluding steroid dienone is 2. The third kappa shape index (κ3) is 5.80. The summed E-state index contributed by atoms with van der Waals surface area (Å²) in [7, 11) is -2.36. The van der Waals surface area contributed by atoms with Crippen molar-refractivity contribution >= 4 is 33.5 Å². The van der Waals surface area contributed by atoms with Crippen molar-refractivity contribution in [2.75, 3.05) is 26.3 Å². The summed E-state index contributed by atoms with van der Waals surface area (Å²) in [5.74, 6) is 1.96. The number of benzene rings is 2. The number of hydrogen-bond donors (Lipinski definition) is 0. The Morgan fingerprint density at radius 3 is 1.38 bits per heavy atom. The number of carbonyl (C=O) groups excluding carboxylic acids is 2. The lowest BCUT2D eigenvalue weighted by Gasteiger charge is -2.43. The summed E-state index contributed by atoms with van der Waals surface area (Å²) in [6, 6.07) is 15.7. The van der Waals surface area contributed by atoms with Crippen LogP contribution in [0.4, 0.5) is 0 Å². The van der Waals surface area contributed by atoms with Gasteiger partial charge in [-0.25, -0.2) is 17.0 Å². The summed E-state index contributed by atoms with van der Waals surface area (Å²) in [6.45, 7) is 13.9. The van der Waals surface area contributed by atoms with Gasteiger partial charge in [-0.15, -0.1) is 0 Å². The van der Waals surface area contributed by atoms with Gasteiger partial charge in [0.2, 0.25) is 0 Å². The van der Waals surface area contributed by atoms with Gasteiger partial charge in [0.05, 0.1) is 21.6 Å². The van der Waals surface area contributed by atoms with Crippen molar-refractivity contribution in [3.8, 4) is 11.5 Å². The third-order valence-corrected chi connectivity index (χ3v) is 13.1. The van der Waals surface area contributed by atoms with E-state index in [0.717, 1.165) is 56.1 Å². The van der Waals surface area contributed by atoms with E-state index in [4.69, 9.17) is 9.47 Å². The van der Waals surface area contributed by atoms with E-state index in [1.54, 1.807) is 12.2 Å². The molecule has 0 aromatic heterocycles. The fourth-order valence-electron chi connectivity index (χ4n) is 7.37. The molecule has 0 saturated heterocycles. The van der Waals surface area contributed by atoms with Crippen LogP contribution in [0.2, 0.25) is 0 Å². The zero-order chi connectivity index (χ0) is 34.1. The zero-order valence-corrected chi connectivity index (χ0v) is 30.0. The minimum absolute atomic E-state index is 0.0759. The summed E-state index contributed by atoms with van der Waals surface area (Å²) >= 11 is 0. The average Bonchev–Trinajstić information content (AvgIpc) is 3.63. The van der Waals surface area contributed by atoms with Gasteiger partial charge in [0.1, 0.15) is 46.7 Å². The summed E-state index contributed by atoms with van der Waals surface area (Å²) in [5, 5.41) is 0. The molecule has 48 heavy (non-hydrogen) atoms. The summed E-state index contributed by atoms with van der Waals surface area (Å²) in [6.07, 6.45) is 4.32. The summed E-state index contributed by atoms with van der Waals surface area (Å²) in [5.41, 5.74) is 8.48. The SMILES string of the molecule is CC(C)(C)[S@@](=O)N1CC2=CC(=O)CC2=C2COc3ccccc3[C@H]21.CC(C)(C)[S@@](=O)N1CC2=CC(=O)CC2=C2COc3ccccc3[C@H]21. The molecule has 8 rings (SSSR count). The van der Waals surface area contributed by atoms with Crippen LogP contribution in [-0.4, -0.2) is 64.4 Å². The molecule has 0 N–H and O–H groups in total. The van der Waals surface area contributed by atoms with Crippen molar-refractivity contribution in [2.24, 2.45) is 0 Å². The van der Waals surface area contributed by atoms with E-state index in [1.165, 1.54) is 0 Å². The van der Waals surface area contributed by atoms with Crippen molar-refractivity contribution < 1.29 is 27.5 Å². The van der Waals surface area contributed by atoms with Crippen molar-refractivity contribution in [1.29, 1.82) is 0 Å². The molecule has 6 aliphatic rings. The molecule has 0 bridgehead atoms. The average molecular weight is 687 g/mol. The van der Waals surface area contributed by atoms with Crippen molar-refractivity contribution in [3.63, 3.8) is 0 Å². The molecule has 4 heterocycles. The minimum Gasteiger partial charge on any atom is -0.489 e. The minimum atomic E-state index is -1.18. The first-order chi connectivity index (χ1) is 22.7. The molecule has 0 amide bonds. The van der Waals surface area contributed by atoms with Crippen LogP contribution in [0.3, 0.4) is 0 Å². The Bertz CT molecular complexity index is 1770. The highest BCUT2D eigenvalue weighted by atomic mass is 32.2. The van der Waals surface area contributed by atoms with Gasteiger partial charge >= 0.3 is 0 Å². The van der Waals surface area contributed by atoms with E-state index >= 15 is 0 Å². The van der Waals surface area contributed by atoms with Crippen molar-refractivity contribution in [3.05, 3.63) is 105 Å². The number of ether oxygens (including phenoxy) is 2.